The Kier molecular flexibility index (Phi) is 7.86. The molecule has 0 fully saturated rings. The summed E-state index contributed by atoms with van der Waals surface area (Å²) in [5.74, 6) is -0.345. The van der Waals surface area contributed by atoms with Crippen LogP contribution in [0.4, 0.5) is 5.13 Å². The summed E-state index contributed by atoms with van der Waals surface area (Å²) in [6.45, 7) is 3.99. The van der Waals surface area contributed by atoms with E-state index in [1.807, 2.05) is 31.2 Å². The predicted octanol–water partition coefficient (Wildman–Crippen LogP) is 3.98. The summed E-state index contributed by atoms with van der Waals surface area (Å²) >= 11 is 5.97. The van der Waals surface area contributed by atoms with Crippen molar-refractivity contribution in [2.45, 2.75) is 25.5 Å². The number of halogens is 1. The van der Waals surface area contributed by atoms with Crippen molar-refractivity contribution < 1.29 is 14.3 Å². The third-order valence-electron chi connectivity index (χ3n) is 3.12. The zero-order chi connectivity index (χ0) is 18.2. The average Bonchev–Trinajstić information content (AvgIpc) is 3.04. The molecule has 0 aliphatic carbocycles. The Balaban J connectivity index is 1.95. The quantitative estimate of drug-likeness (QED) is 0.621. The topological polar surface area (TPSA) is 81.2 Å². The van der Waals surface area contributed by atoms with Gasteiger partial charge in [0, 0.05) is 10.0 Å². The molecule has 134 valence electrons. The fourth-order valence-corrected chi connectivity index (χ4v) is 3.80. The van der Waals surface area contributed by atoms with Crippen LogP contribution in [0.1, 0.15) is 20.3 Å². The highest BCUT2D eigenvalue weighted by molar-refractivity contribution is 9.10. The third-order valence-corrected chi connectivity index (χ3v) is 5.89. The van der Waals surface area contributed by atoms with Gasteiger partial charge in [-0.25, -0.2) is 0 Å². The molecule has 2 rings (SSSR count). The monoisotopic (exact) mass is 443 g/mol. The van der Waals surface area contributed by atoms with E-state index in [9.17, 15) is 9.59 Å². The van der Waals surface area contributed by atoms with Gasteiger partial charge in [-0.3, -0.25) is 14.9 Å². The molecule has 6 nitrogen and oxygen atoms in total. The van der Waals surface area contributed by atoms with E-state index in [1.165, 1.54) is 23.1 Å². The zero-order valence-electron chi connectivity index (χ0n) is 13.8. The first-order chi connectivity index (χ1) is 12.0. The van der Waals surface area contributed by atoms with Crippen LogP contribution in [-0.4, -0.2) is 39.7 Å². The number of hydrogen-bond donors (Lipinski definition) is 1. The van der Waals surface area contributed by atoms with Crippen molar-refractivity contribution in [3.63, 3.8) is 0 Å². The number of carbonyl (C=O) groups is 2. The van der Waals surface area contributed by atoms with Gasteiger partial charge in [-0.05, 0) is 25.5 Å². The van der Waals surface area contributed by atoms with Crippen LogP contribution in [0.5, 0.6) is 0 Å². The molecule has 1 N–H and O–H groups in total. The van der Waals surface area contributed by atoms with E-state index in [2.05, 4.69) is 31.4 Å². The average molecular weight is 444 g/mol. The number of aromatic nitrogens is 2. The molecule has 2 aromatic rings. The van der Waals surface area contributed by atoms with Crippen molar-refractivity contribution in [1.29, 1.82) is 0 Å². The van der Waals surface area contributed by atoms with Crippen LogP contribution < -0.4 is 5.32 Å². The lowest BCUT2D eigenvalue weighted by atomic mass is 10.2. The number of esters is 1. The van der Waals surface area contributed by atoms with Gasteiger partial charge >= 0.3 is 5.97 Å². The summed E-state index contributed by atoms with van der Waals surface area (Å²) in [5.41, 5.74) is 0.935. The SMILES string of the molecule is CCOC(=O)CSC(CC)C(=O)Nc1nnc(-c2ccc(Br)cc2)s1. The number of nitrogens with zero attached hydrogens (tertiary/aromatic N) is 2. The van der Waals surface area contributed by atoms with Crippen LogP contribution in [0.25, 0.3) is 10.6 Å². The summed E-state index contributed by atoms with van der Waals surface area (Å²) < 4.78 is 5.87. The molecule has 25 heavy (non-hydrogen) atoms. The van der Waals surface area contributed by atoms with Crippen LogP contribution in [0, 0.1) is 0 Å². The van der Waals surface area contributed by atoms with E-state index < -0.39 is 0 Å². The highest BCUT2D eigenvalue weighted by Crippen LogP contribution is 2.28. The van der Waals surface area contributed by atoms with E-state index in [4.69, 9.17) is 4.74 Å². The Morgan fingerprint density at radius 3 is 2.64 bits per heavy atom. The molecule has 0 saturated carbocycles. The van der Waals surface area contributed by atoms with Gasteiger partial charge in [0.05, 0.1) is 17.6 Å². The van der Waals surface area contributed by atoms with Crippen molar-refractivity contribution in [3.05, 3.63) is 28.7 Å². The van der Waals surface area contributed by atoms with Gasteiger partial charge in [0.2, 0.25) is 11.0 Å². The first-order valence-electron chi connectivity index (χ1n) is 7.71. The largest absolute Gasteiger partial charge is 0.465 e. The van der Waals surface area contributed by atoms with Crippen molar-refractivity contribution in [2.24, 2.45) is 0 Å². The van der Waals surface area contributed by atoms with E-state index >= 15 is 0 Å². The number of anilines is 1. The number of carbonyl (C=O) groups excluding carboxylic acids is 2. The zero-order valence-corrected chi connectivity index (χ0v) is 17.0. The molecule has 0 saturated heterocycles. The van der Waals surface area contributed by atoms with Gasteiger partial charge < -0.3 is 4.74 Å². The molecule has 1 aromatic carbocycles. The first-order valence-corrected chi connectivity index (χ1v) is 10.4. The molecule has 1 aromatic heterocycles. The molecule has 0 aliphatic heterocycles. The Hall–Kier alpha value is -1.45. The van der Waals surface area contributed by atoms with Crippen molar-refractivity contribution in [1.82, 2.24) is 10.2 Å². The smallest absolute Gasteiger partial charge is 0.315 e. The van der Waals surface area contributed by atoms with Gasteiger partial charge in [0.15, 0.2) is 0 Å². The minimum Gasteiger partial charge on any atom is -0.465 e. The molecule has 0 radical (unpaired) electrons. The minimum absolute atomic E-state index is 0.153. The summed E-state index contributed by atoms with van der Waals surface area (Å²) in [6.07, 6.45) is 0.605. The number of rotatable bonds is 8. The Labute approximate surface area is 162 Å². The van der Waals surface area contributed by atoms with Gasteiger partial charge in [-0.15, -0.1) is 22.0 Å². The van der Waals surface area contributed by atoms with Crippen LogP contribution in [0.3, 0.4) is 0 Å². The standard InChI is InChI=1S/C16H18BrN3O3S2/c1-3-12(24-9-13(21)23-4-2)14(22)18-16-20-19-15(25-16)10-5-7-11(17)8-6-10/h5-8,12H,3-4,9H2,1-2H3,(H,18,20,22). The molecular weight excluding hydrogens is 426 g/mol. The van der Waals surface area contributed by atoms with Crippen LogP contribution >= 0.6 is 39.0 Å². The fraction of sp³-hybridized carbons (Fsp3) is 0.375. The van der Waals surface area contributed by atoms with E-state index in [0.29, 0.717) is 18.2 Å². The summed E-state index contributed by atoms with van der Waals surface area (Å²) in [5, 5.41) is 11.7. The number of amides is 1. The molecule has 1 atom stereocenters. The molecular formula is C16H18BrN3O3S2. The van der Waals surface area contributed by atoms with Gasteiger partial charge in [0.25, 0.3) is 0 Å². The van der Waals surface area contributed by atoms with E-state index in [1.54, 1.807) is 6.92 Å². The predicted molar refractivity (Wildman–Crippen MR) is 105 cm³/mol. The summed E-state index contributed by atoms with van der Waals surface area (Å²) in [7, 11) is 0. The second-order valence-corrected chi connectivity index (χ2v) is 8.01. The van der Waals surface area contributed by atoms with Gasteiger partial charge in [-0.2, -0.15) is 0 Å². The molecule has 0 aliphatic rings. The lowest BCUT2D eigenvalue weighted by molar-refractivity contribution is -0.139. The molecule has 1 amide bonds. The maximum absolute atomic E-state index is 12.4. The number of nitrogens with one attached hydrogen (secondary N) is 1. The van der Waals surface area contributed by atoms with Crippen LogP contribution in [0.2, 0.25) is 0 Å². The highest BCUT2D eigenvalue weighted by Gasteiger charge is 2.20. The Bertz CT molecular complexity index is 722. The van der Waals surface area contributed by atoms with Gasteiger partial charge in [0.1, 0.15) is 5.01 Å². The normalized spacial score (nSPS) is 11.8. The number of ether oxygens (including phenoxy) is 1. The van der Waals surface area contributed by atoms with Crippen LogP contribution in [-0.2, 0) is 14.3 Å². The maximum Gasteiger partial charge on any atom is 0.315 e. The summed E-state index contributed by atoms with van der Waals surface area (Å²) in [4.78, 5) is 23.8. The molecule has 0 bridgehead atoms. The van der Waals surface area contributed by atoms with Crippen molar-refractivity contribution >= 4 is 56.0 Å². The Morgan fingerprint density at radius 1 is 1.28 bits per heavy atom. The van der Waals surface area contributed by atoms with Crippen molar-refractivity contribution in [3.8, 4) is 10.6 Å². The molecule has 9 heteroatoms. The van der Waals surface area contributed by atoms with Crippen LogP contribution in [0.15, 0.2) is 28.7 Å². The third kappa shape index (κ3) is 6.09. The van der Waals surface area contributed by atoms with E-state index in [-0.39, 0.29) is 22.9 Å². The van der Waals surface area contributed by atoms with Gasteiger partial charge in [-0.1, -0.05) is 46.3 Å². The summed E-state index contributed by atoms with van der Waals surface area (Å²) in [6, 6.07) is 7.71. The van der Waals surface area contributed by atoms with E-state index in [0.717, 1.165) is 15.0 Å². The Morgan fingerprint density at radius 2 is 2.00 bits per heavy atom. The molecule has 1 unspecified atom stereocenters. The number of benzene rings is 1. The molecule has 0 spiro atoms. The number of hydrogen-bond acceptors (Lipinski definition) is 7. The second kappa shape index (κ2) is 9.88. The maximum atomic E-state index is 12.4. The first kappa shape index (κ1) is 19.9. The lowest BCUT2D eigenvalue weighted by Gasteiger charge is -2.12. The highest BCUT2D eigenvalue weighted by atomic mass is 79.9. The number of thioether (sulfide) groups is 1. The minimum atomic E-state index is -0.343. The lowest BCUT2D eigenvalue weighted by Crippen LogP contribution is -2.26. The molecule has 1 heterocycles. The van der Waals surface area contributed by atoms with Crippen molar-refractivity contribution in [2.75, 3.05) is 17.7 Å². The fourth-order valence-electron chi connectivity index (χ4n) is 1.92. The second-order valence-electron chi connectivity index (χ2n) is 4.92.